The van der Waals surface area contributed by atoms with E-state index in [1.165, 1.54) is 0 Å². The van der Waals surface area contributed by atoms with E-state index in [1.807, 2.05) is 6.92 Å². The Morgan fingerprint density at radius 1 is 1.43 bits per heavy atom. The second-order valence-corrected chi connectivity index (χ2v) is 7.67. The average Bonchev–Trinajstić information content (AvgIpc) is 3.08. The summed E-state index contributed by atoms with van der Waals surface area (Å²) in [7, 11) is 0. The molecule has 0 aromatic carbocycles. The Hall–Kier alpha value is -0.980. The first kappa shape index (κ1) is 16.9. The maximum atomic E-state index is 10.7. The minimum atomic E-state index is -0.650. The number of hydrogen-bond donors (Lipinski definition) is 1. The maximum Gasteiger partial charge on any atom is 0.240 e. The minimum Gasteiger partial charge on any atom is -0.390 e. The lowest BCUT2D eigenvalue weighted by molar-refractivity contribution is -0.124. The molecule has 6 nitrogen and oxygen atoms in total. The fourth-order valence-corrected chi connectivity index (χ4v) is 3.86. The molecule has 3 heterocycles. The van der Waals surface area contributed by atoms with Crippen molar-refractivity contribution in [2.24, 2.45) is 11.8 Å². The quantitative estimate of drug-likeness (QED) is 0.894. The van der Waals surface area contributed by atoms with Gasteiger partial charge in [0.25, 0.3) is 0 Å². The zero-order valence-corrected chi connectivity index (χ0v) is 14.5. The van der Waals surface area contributed by atoms with E-state index < -0.39 is 5.60 Å². The van der Waals surface area contributed by atoms with Crippen LogP contribution in [0.5, 0.6) is 0 Å². The summed E-state index contributed by atoms with van der Waals surface area (Å²) in [6, 6.07) is 0.325. The molecule has 23 heavy (non-hydrogen) atoms. The molecule has 0 bridgehead atoms. The lowest BCUT2D eigenvalue weighted by Gasteiger charge is -2.43. The molecule has 2 aliphatic heterocycles. The third-order valence-electron chi connectivity index (χ3n) is 5.17. The van der Waals surface area contributed by atoms with E-state index in [4.69, 9.17) is 9.26 Å². The summed E-state index contributed by atoms with van der Waals surface area (Å²) in [5, 5.41) is 14.8. The van der Waals surface area contributed by atoms with E-state index in [-0.39, 0.29) is 5.92 Å². The van der Waals surface area contributed by atoms with Gasteiger partial charge in [-0.05, 0) is 38.6 Å². The fraction of sp³-hybridized carbons (Fsp3) is 0.882. The van der Waals surface area contributed by atoms with Gasteiger partial charge in [0.15, 0.2) is 5.82 Å². The van der Waals surface area contributed by atoms with Crippen molar-refractivity contribution in [2.75, 3.05) is 19.8 Å². The van der Waals surface area contributed by atoms with Crippen LogP contribution in [0.25, 0.3) is 0 Å². The predicted molar refractivity (Wildman–Crippen MR) is 85.8 cm³/mol. The van der Waals surface area contributed by atoms with Crippen LogP contribution >= 0.6 is 0 Å². The largest absolute Gasteiger partial charge is 0.390 e. The number of likely N-dealkylation sites (tertiary alicyclic amines) is 1. The summed E-state index contributed by atoms with van der Waals surface area (Å²) < 4.78 is 11.1. The van der Waals surface area contributed by atoms with Gasteiger partial charge in [0.05, 0.1) is 18.8 Å². The summed E-state index contributed by atoms with van der Waals surface area (Å²) in [5.74, 6) is 2.15. The van der Waals surface area contributed by atoms with Crippen LogP contribution in [0.4, 0.5) is 0 Å². The van der Waals surface area contributed by atoms with E-state index in [0.717, 1.165) is 31.6 Å². The van der Waals surface area contributed by atoms with Gasteiger partial charge in [-0.2, -0.15) is 4.98 Å². The molecule has 3 rings (SSSR count). The molecule has 0 aliphatic carbocycles. The number of aromatic nitrogens is 2. The SMILES string of the molecule is CC(C)Cc1noc(CN2CCC[C@@H]2[C@H]2COCC[C@@]2(C)O)n1. The van der Waals surface area contributed by atoms with Gasteiger partial charge in [-0.1, -0.05) is 19.0 Å². The Morgan fingerprint density at radius 3 is 3.00 bits per heavy atom. The Bertz CT molecular complexity index is 515. The molecule has 6 heteroatoms. The Kier molecular flexibility index (Phi) is 5.04. The van der Waals surface area contributed by atoms with Crippen molar-refractivity contribution in [3.63, 3.8) is 0 Å². The lowest BCUT2D eigenvalue weighted by atomic mass is 9.79. The topological polar surface area (TPSA) is 71.6 Å². The van der Waals surface area contributed by atoms with Crippen LogP contribution in [-0.4, -0.2) is 51.5 Å². The first-order valence-corrected chi connectivity index (χ1v) is 8.81. The van der Waals surface area contributed by atoms with Gasteiger partial charge in [0.1, 0.15) is 0 Å². The van der Waals surface area contributed by atoms with Crippen LogP contribution in [0, 0.1) is 11.8 Å². The van der Waals surface area contributed by atoms with Crippen LogP contribution in [0.3, 0.4) is 0 Å². The Labute approximate surface area is 138 Å². The van der Waals surface area contributed by atoms with E-state index in [0.29, 0.717) is 44.0 Å². The predicted octanol–water partition coefficient (Wildman–Crippen LogP) is 2.02. The van der Waals surface area contributed by atoms with Gasteiger partial charge in [0.2, 0.25) is 5.89 Å². The van der Waals surface area contributed by atoms with E-state index in [1.54, 1.807) is 0 Å². The van der Waals surface area contributed by atoms with Crippen LogP contribution in [-0.2, 0) is 17.7 Å². The van der Waals surface area contributed by atoms with Gasteiger partial charge < -0.3 is 14.4 Å². The molecule has 0 amide bonds. The van der Waals surface area contributed by atoms with Gasteiger partial charge in [-0.3, -0.25) is 4.90 Å². The third kappa shape index (κ3) is 3.92. The monoisotopic (exact) mass is 323 g/mol. The highest BCUT2D eigenvalue weighted by molar-refractivity contribution is 4.97. The molecule has 1 aromatic rings. The number of aliphatic hydroxyl groups is 1. The first-order chi connectivity index (χ1) is 11.0. The van der Waals surface area contributed by atoms with E-state index >= 15 is 0 Å². The second-order valence-electron chi connectivity index (χ2n) is 7.67. The molecule has 3 atom stereocenters. The van der Waals surface area contributed by atoms with Crippen molar-refractivity contribution in [3.8, 4) is 0 Å². The second kappa shape index (κ2) is 6.87. The first-order valence-electron chi connectivity index (χ1n) is 8.81. The van der Waals surface area contributed by atoms with Crippen LogP contribution in [0.2, 0.25) is 0 Å². The normalized spacial score (nSPS) is 32.7. The van der Waals surface area contributed by atoms with Crippen molar-refractivity contribution in [1.29, 1.82) is 0 Å². The fourth-order valence-electron chi connectivity index (χ4n) is 3.86. The van der Waals surface area contributed by atoms with Crippen LogP contribution in [0.1, 0.15) is 51.7 Å². The van der Waals surface area contributed by atoms with Crippen LogP contribution < -0.4 is 0 Å². The number of ether oxygens (including phenoxy) is 1. The molecular weight excluding hydrogens is 294 g/mol. The van der Waals surface area contributed by atoms with Crippen molar-refractivity contribution >= 4 is 0 Å². The van der Waals surface area contributed by atoms with Gasteiger partial charge in [-0.25, -0.2) is 0 Å². The Balaban J connectivity index is 1.66. The smallest absolute Gasteiger partial charge is 0.240 e. The Morgan fingerprint density at radius 2 is 2.26 bits per heavy atom. The molecule has 0 spiro atoms. The van der Waals surface area contributed by atoms with E-state index in [9.17, 15) is 5.11 Å². The molecule has 2 saturated heterocycles. The summed E-state index contributed by atoms with van der Waals surface area (Å²) >= 11 is 0. The molecule has 0 unspecified atom stereocenters. The highest BCUT2D eigenvalue weighted by atomic mass is 16.5. The van der Waals surface area contributed by atoms with Crippen LogP contribution in [0.15, 0.2) is 4.52 Å². The van der Waals surface area contributed by atoms with Gasteiger partial charge in [0, 0.05) is 25.0 Å². The number of rotatable bonds is 5. The molecule has 0 saturated carbocycles. The highest BCUT2D eigenvalue weighted by Crippen LogP contribution is 2.36. The number of hydrogen-bond acceptors (Lipinski definition) is 6. The molecule has 1 N–H and O–H groups in total. The number of nitrogens with zero attached hydrogens (tertiary/aromatic N) is 3. The summed E-state index contributed by atoms with van der Waals surface area (Å²) in [4.78, 5) is 6.89. The molecule has 2 aliphatic rings. The van der Waals surface area contributed by atoms with Crippen molar-refractivity contribution in [1.82, 2.24) is 15.0 Å². The summed E-state index contributed by atoms with van der Waals surface area (Å²) in [6.45, 7) is 9.22. The zero-order chi connectivity index (χ0) is 16.4. The summed E-state index contributed by atoms with van der Waals surface area (Å²) in [6.07, 6.45) is 3.79. The zero-order valence-electron chi connectivity index (χ0n) is 14.5. The van der Waals surface area contributed by atoms with E-state index in [2.05, 4.69) is 28.9 Å². The van der Waals surface area contributed by atoms with Crippen molar-refractivity contribution < 1.29 is 14.4 Å². The summed E-state index contributed by atoms with van der Waals surface area (Å²) in [5.41, 5.74) is -0.650. The maximum absolute atomic E-state index is 10.7. The molecule has 0 radical (unpaired) electrons. The third-order valence-corrected chi connectivity index (χ3v) is 5.17. The molecular formula is C17H29N3O3. The van der Waals surface area contributed by atoms with Crippen molar-refractivity contribution in [3.05, 3.63) is 11.7 Å². The highest BCUT2D eigenvalue weighted by Gasteiger charge is 2.44. The van der Waals surface area contributed by atoms with Gasteiger partial charge in [-0.15, -0.1) is 0 Å². The standard InChI is InChI=1S/C17H29N3O3/c1-12(2)9-15-18-16(23-19-15)10-20-7-4-5-14(20)13-11-22-8-6-17(13,3)21/h12-14,21H,4-11H2,1-3H3/t13-,14-,17-/m1/s1. The minimum absolute atomic E-state index is 0.150. The lowest BCUT2D eigenvalue weighted by Crippen LogP contribution is -2.52. The molecule has 1 aromatic heterocycles. The average molecular weight is 323 g/mol. The molecule has 130 valence electrons. The van der Waals surface area contributed by atoms with Crippen molar-refractivity contribution in [2.45, 2.75) is 64.6 Å². The van der Waals surface area contributed by atoms with Gasteiger partial charge >= 0.3 is 0 Å². The molecule has 2 fully saturated rings.